The summed E-state index contributed by atoms with van der Waals surface area (Å²) in [4.78, 5) is 12.5. The van der Waals surface area contributed by atoms with Gasteiger partial charge in [0.2, 0.25) is 11.9 Å². The van der Waals surface area contributed by atoms with Gasteiger partial charge in [0.15, 0.2) is 5.82 Å². The summed E-state index contributed by atoms with van der Waals surface area (Å²) >= 11 is 6.19. The van der Waals surface area contributed by atoms with E-state index < -0.39 is 5.82 Å². The Morgan fingerprint density at radius 1 is 1.33 bits per heavy atom. The molecule has 9 heteroatoms. The molecule has 3 aromatic rings. The number of nitrogens with two attached hydrogens (primary N) is 1. The van der Waals surface area contributed by atoms with Gasteiger partial charge in [0, 0.05) is 17.6 Å². The Labute approximate surface area is 160 Å². The summed E-state index contributed by atoms with van der Waals surface area (Å²) in [5, 5.41) is 13.1. The van der Waals surface area contributed by atoms with Crippen molar-refractivity contribution in [3.05, 3.63) is 29.2 Å². The Hall–Kier alpha value is -2.45. The highest BCUT2D eigenvalue weighted by Gasteiger charge is 2.29. The highest BCUT2D eigenvalue weighted by atomic mass is 35.5. The standard InChI is InChI=1S/C18H20ClFN6O/c1-8(2)26-14-4-9(15-12(19)7-22-17(21)24-15)3-13(20)16(14)25-18(26)23-10-5-11(27)6-10/h3-4,7-8,10-11,27H,5-6H2,1-2H3,(H,23,25)(H2,21,22,24). The third-order valence-corrected chi connectivity index (χ3v) is 5.02. The fourth-order valence-electron chi connectivity index (χ4n) is 3.39. The minimum absolute atomic E-state index is 0.0445. The number of aliphatic hydroxyl groups excluding tert-OH is 1. The van der Waals surface area contributed by atoms with Crippen LogP contribution < -0.4 is 11.1 Å². The first-order chi connectivity index (χ1) is 12.8. The Morgan fingerprint density at radius 2 is 2.07 bits per heavy atom. The lowest BCUT2D eigenvalue weighted by Gasteiger charge is -2.32. The number of anilines is 2. The summed E-state index contributed by atoms with van der Waals surface area (Å²) in [6, 6.07) is 3.33. The van der Waals surface area contributed by atoms with E-state index in [1.165, 1.54) is 12.3 Å². The normalized spacial score (nSPS) is 19.5. The molecule has 0 radical (unpaired) electrons. The number of nitrogens with one attached hydrogen (secondary N) is 1. The molecule has 1 fully saturated rings. The molecule has 1 aliphatic rings. The van der Waals surface area contributed by atoms with Crippen molar-refractivity contribution >= 4 is 34.5 Å². The second kappa shape index (κ2) is 6.61. The molecule has 142 valence electrons. The van der Waals surface area contributed by atoms with Crippen LogP contribution in [0.15, 0.2) is 18.3 Å². The van der Waals surface area contributed by atoms with Crippen LogP contribution in [0.3, 0.4) is 0 Å². The van der Waals surface area contributed by atoms with Gasteiger partial charge in [-0.05, 0) is 38.8 Å². The van der Waals surface area contributed by atoms with Gasteiger partial charge in [0.05, 0.1) is 28.5 Å². The van der Waals surface area contributed by atoms with E-state index in [4.69, 9.17) is 17.3 Å². The molecule has 0 spiro atoms. The van der Waals surface area contributed by atoms with Gasteiger partial charge >= 0.3 is 0 Å². The first-order valence-corrected chi connectivity index (χ1v) is 9.15. The first kappa shape index (κ1) is 17.9. The molecule has 0 bridgehead atoms. The number of aromatic nitrogens is 4. The first-order valence-electron chi connectivity index (χ1n) is 8.78. The molecule has 7 nitrogen and oxygen atoms in total. The summed E-state index contributed by atoms with van der Waals surface area (Å²) in [5.41, 5.74) is 7.45. The van der Waals surface area contributed by atoms with E-state index in [0.717, 1.165) is 0 Å². The smallest absolute Gasteiger partial charge is 0.220 e. The van der Waals surface area contributed by atoms with Gasteiger partial charge in [-0.15, -0.1) is 0 Å². The summed E-state index contributed by atoms with van der Waals surface area (Å²) in [5.74, 6) is 0.186. The number of nitrogens with zero attached hydrogens (tertiary/aromatic N) is 4. The van der Waals surface area contributed by atoms with Crippen molar-refractivity contribution in [2.24, 2.45) is 0 Å². The number of aliphatic hydroxyl groups is 1. The Balaban J connectivity index is 1.85. The molecule has 27 heavy (non-hydrogen) atoms. The predicted octanol–water partition coefficient (Wildman–Crippen LogP) is 3.38. The van der Waals surface area contributed by atoms with Gasteiger partial charge in [0.25, 0.3) is 0 Å². The van der Waals surface area contributed by atoms with Crippen LogP contribution in [0.5, 0.6) is 0 Å². The molecule has 2 heterocycles. The van der Waals surface area contributed by atoms with E-state index in [1.54, 1.807) is 6.07 Å². The van der Waals surface area contributed by atoms with Crippen molar-refractivity contribution in [1.82, 2.24) is 19.5 Å². The van der Waals surface area contributed by atoms with E-state index in [2.05, 4.69) is 20.3 Å². The van der Waals surface area contributed by atoms with E-state index in [1.807, 2.05) is 18.4 Å². The quantitative estimate of drug-likeness (QED) is 0.631. The van der Waals surface area contributed by atoms with Gasteiger partial charge in [-0.2, -0.15) is 0 Å². The largest absolute Gasteiger partial charge is 0.393 e. The molecule has 1 aliphatic carbocycles. The molecule has 0 saturated heterocycles. The Morgan fingerprint density at radius 3 is 2.74 bits per heavy atom. The van der Waals surface area contributed by atoms with Crippen molar-refractivity contribution in [2.75, 3.05) is 11.1 Å². The van der Waals surface area contributed by atoms with Crippen LogP contribution in [0.2, 0.25) is 5.02 Å². The van der Waals surface area contributed by atoms with Crippen LogP contribution in [0.4, 0.5) is 16.3 Å². The molecular formula is C18H20ClFN6O. The third-order valence-electron chi connectivity index (χ3n) is 4.75. The topological polar surface area (TPSA) is 102 Å². The van der Waals surface area contributed by atoms with Crippen molar-refractivity contribution in [3.63, 3.8) is 0 Å². The zero-order valence-corrected chi connectivity index (χ0v) is 15.7. The zero-order chi connectivity index (χ0) is 19.3. The van der Waals surface area contributed by atoms with Crippen LogP contribution in [0, 0.1) is 5.82 Å². The van der Waals surface area contributed by atoms with Crippen LogP contribution in [0.1, 0.15) is 32.7 Å². The molecular weight excluding hydrogens is 371 g/mol. The molecule has 4 rings (SSSR count). The minimum Gasteiger partial charge on any atom is -0.393 e. The molecule has 0 amide bonds. The lowest BCUT2D eigenvalue weighted by molar-refractivity contribution is 0.0833. The number of hydrogen-bond acceptors (Lipinski definition) is 6. The molecule has 0 unspecified atom stereocenters. The maximum Gasteiger partial charge on any atom is 0.220 e. The van der Waals surface area contributed by atoms with Crippen molar-refractivity contribution in [3.8, 4) is 11.3 Å². The highest BCUT2D eigenvalue weighted by molar-refractivity contribution is 6.33. The van der Waals surface area contributed by atoms with Crippen LogP contribution in [0.25, 0.3) is 22.3 Å². The van der Waals surface area contributed by atoms with Crippen LogP contribution in [-0.4, -0.2) is 36.8 Å². The van der Waals surface area contributed by atoms with Crippen molar-refractivity contribution in [1.29, 1.82) is 0 Å². The molecule has 2 aromatic heterocycles. The average molecular weight is 391 g/mol. The summed E-state index contributed by atoms with van der Waals surface area (Å²) in [6.07, 6.45) is 2.43. The lowest BCUT2D eigenvalue weighted by atomic mass is 9.90. The van der Waals surface area contributed by atoms with Gasteiger partial charge in [-0.25, -0.2) is 19.3 Å². The van der Waals surface area contributed by atoms with Crippen molar-refractivity contribution in [2.45, 2.75) is 44.9 Å². The minimum atomic E-state index is -0.466. The predicted molar refractivity (Wildman–Crippen MR) is 103 cm³/mol. The average Bonchev–Trinajstić information content (AvgIpc) is 2.94. The molecule has 0 aliphatic heterocycles. The highest BCUT2D eigenvalue weighted by Crippen LogP contribution is 2.34. The summed E-state index contributed by atoms with van der Waals surface area (Å²) < 4.78 is 16.8. The number of hydrogen-bond donors (Lipinski definition) is 3. The number of imidazole rings is 1. The third kappa shape index (κ3) is 3.19. The van der Waals surface area contributed by atoms with Crippen molar-refractivity contribution < 1.29 is 9.50 Å². The van der Waals surface area contributed by atoms with Crippen LogP contribution >= 0.6 is 11.6 Å². The summed E-state index contributed by atoms with van der Waals surface area (Å²) in [7, 11) is 0. The van der Waals surface area contributed by atoms with Gasteiger partial charge < -0.3 is 20.7 Å². The molecule has 1 aromatic carbocycles. The van der Waals surface area contributed by atoms with E-state index in [9.17, 15) is 9.50 Å². The maximum absolute atomic E-state index is 14.9. The molecule has 1 saturated carbocycles. The monoisotopic (exact) mass is 390 g/mol. The Bertz CT molecular complexity index is 1010. The second-order valence-electron chi connectivity index (χ2n) is 7.12. The van der Waals surface area contributed by atoms with E-state index >= 15 is 0 Å². The lowest BCUT2D eigenvalue weighted by Crippen LogP contribution is -2.39. The molecule has 4 N–H and O–H groups in total. The summed E-state index contributed by atoms with van der Waals surface area (Å²) in [6.45, 7) is 4.00. The number of nitrogen functional groups attached to an aromatic ring is 1. The van der Waals surface area contributed by atoms with E-state index in [-0.39, 0.29) is 29.7 Å². The fraction of sp³-hybridized carbons (Fsp3) is 0.389. The van der Waals surface area contributed by atoms with Gasteiger partial charge in [-0.3, -0.25) is 0 Å². The van der Waals surface area contributed by atoms with E-state index in [0.29, 0.717) is 40.6 Å². The second-order valence-corrected chi connectivity index (χ2v) is 7.52. The number of rotatable bonds is 4. The number of fused-ring (bicyclic) bond motifs is 1. The number of halogens is 2. The van der Waals surface area contributed by atoms with Gasteiger partial charge in [-0.1, -0.05) is 11.6 Å². The maximum atomic E-state index is 14.9. The fourth-order valence-corrected chi connectivity index (χ4v) is 3.59. The SMILES string of the molecule is CC(C)n1c(NC2CC(O)C2)nc2c(F)cc(-c3nc(N)ncc3Cl)cc21. The molecule has 0 atom stereocenters. The van der Waals surface area contributed by atoms with Crippen LogP contribution in [-0.2, 0) is 0 Å². The van der Waals surface area contributed by atoms with Gasteiger partial charge in [0.1, 0.15) is 5.52 Å². The zero-order valence-electron chi connectivity index (χ0n) is 14.9. The number of benzene rings is 1. The Kier molecular flexibility index (Phi) is 4.39.